The average Bonchev–Trinajstić information content (AvgIpc) is 2.64. The third-order valence-corrected chi connectivity index (χ3v) is 3.88. The molecule has 0 fully saturated rings. The molecule has 2 atom stereocenters. The molecule has 0 aliphatic rings. The molecule has 2 rings (SSSR count). The molecule has 0 bridgehead atoms. The summed E-state index contributed by atoms with van der Waals surface area (Å²) in [5.74, 6) is 2.07. The van der Waals surface area contributed by atoms with E-state index in [1.54, 1.807) is 7.11 Å². The first-order valence-corrected chi connectivity index (χ1v) is 8.82. The Morgan fingerprint density at radius 2 is 1.77 bits per heavy atom. The predicted octanol–water partition coefficient (Wildman–Crippen LogP) is 3.74. The molecule has 2 aromatic rings. The summed E-state index contributed by atoms with van der Waals surface area (Å²) < 4.78 is 16.6. The molecule has 0 spiro atoms. The van der Waals surface area contributed by atoms with E-state index in [-0.39, 0.29) is 11.9 Å². The van der Waals surface area contributed by atoms with Crippen LogP contribution in [0.5, 0.6) is 17.2 Å². The summed E-state index contributed by atoms with van der Waals surface area (Å²) in [5.41, 5.74) is 1.10. The summed E-state index contributed by atoms with van der Waals surface area (Å²) in [6, 6.07) is 14.9. The van der Waals surface area contributed by atoms with Crippen LogP contribution < -0.4 is 19.5 Å². The fraction of sp³-hybridized carbons (Fsp3) is 0.381. The number of hydrogen-bond donors (Lipinski definition) is 1. The van der Waals surface area contributed by atoms with Crippen LogP contribution >= 0.6 is 0 Å². The number of methoxy groups -OCH3 is 1. The number of carbonyl (C=O) groups is 1. The van der Waals surface area contributed by atoms with Crippen molar-refractivity contribution in [1.82, 2.24) is 5.32 Å². The van der Waals surface area contributed by atoms with Gasteiger partial charge in [0.2, 0.25) is 0 Å². The Labute approximate surface area is 155 Å². The fourth-order valence-electron chi connectivity index (χ4n) is 2.45. The van der Waals surface area contributed by atoms with Crippen LogP contribution in [0.15, 0.2) is 48.5 Å². The highest BCUT2D eigenvalue weighted by atomic mass is 16.5. The Bertz CT molecular complexity index is 699. The lowest BCUT2D eigenvalue weighted by molar-refractivity contribution is -0.128. The van der Waals surface area contributed by atoms with E-state index >= 15 is 0 Å². The van der Waals surface area contributed by atoms with Crippen molar-refractivity contribution in [3.8, 4) is 17.2 Å². The number of aryl methyl sites for hydroxylation is 1. The number of amides is 1. The highest BCUT2D eigenvalue weighted by Gasteiger charge is 2.20. The van der Waals surface area contributed by atoms with Gasteiger partial charge in [-0.2, -0.15) is 0 Å². The quantitative estimate of drug-likeness (QED) is 0.743. The Morgan fingerprint density at radius 3 is 2.38 bits per heavy atom. The number of carbonyl (C=O) groups excluding carboxylic acids is 1. The number of ether oxygens (including phenoxy) is 3. The molecule has 0 heterocycles. The van der Waals surface area contributed by atoms with Gasteiger partial charge in [0, 0.05) is 0 Å². The van der Waals surface area contributed by atoms with E-state index in [9.17, 15) is 4.79 Å². The van der Waals surface area contributed by atoms with Gasteiger partial charge < -0.3 is 19.5 Å². The zero-order valence-corrected chi connectivity index (χ0v) is 15.8. The molecule has 0 saturated heterocycles. The summed E-state index contributed by atoms with van der Waals surface area (Å²) in [6.45, 7) is 6.20. The van der Waals surface area contributed by atoms with E-state index in [0.29, 0.717) is 18.8 Å². The van der Waals surface area contributed by atoms with Crippen molar-refractivity contribution in [2.45, 2.75) is 39.3 Å². The summed E-state index contributed by atoms with van der Waals surface area (Å²) >= 11 is 0. The van der Waals surface area contributed by atoms with Crippen molar-refractivity contribution in [2.75, 3.05) is 13.7 Å². The Balaban J connectivity index is 1.83. The Morgan fingerprint density at radius 1 is 1.08 bits per heavy atom. The van der Waals surface area contributed by atoms with Crippen molar-refractivity contribution in [2.24, 2.45) is 0 Å². The van der Waals surface area contributed by atoms with Crippen LogP contribution in [0, 0.1) is 6.92 Å². The van der Waals surface area contributed by atoms with Crippen LogP contribution in [-0.2, 0) is 4.79 Å². The summed E-state index contributed by atoms with van der Waals surface area (Å²) in [4.78, 5) is 12.5. The van der Waals surface area contributed by atoms with Gasteiger partial charge in [0.25, 0.3) is 5.91 Å². The number of benzene rings is 2. The van der Waals surface area contributed by atoms with Gasteiger partial charge in [-0.05, 0) is 62.2 Å². The highest BCUT2D eigenvalue weighted by molar-refractivity contribution is 5.81. The number of hydrogen-bond acceptors (Lipinski definition) is 4. The average molecular weight is 357 g/mol. The molecule has 140 valence electrons. The zero-order valence-electron chi connectivity index (χ0n) is 15.8. The van der Waals surface area contributed by atoms with Crippen LogP contribution in [0.3, 0.4) is 0 Å². The largest absolute Gasteiger partial charge is 0.497 e. The lowest BCUT2D eigenvalue weighted by atomic mass is 10.2. The van der Waals surface area contributed by atoms with Crippen LogP contribution in [0.4, 0.5) is 0 Å². The normalized spacial score (nSPS) is 12.8. The Hall–Kier alpha value is -2.69. The predicted molar refractivity (Wildman–Crippen MR) is 102 cm³/mol. The maximum atomic E-state index is 12.5. The fourth-order valence-corrected chi connectivity index (χ4v) is 2.45. The first-order chi connectivity index (χ1) is 12.5. The molecule has 5 nitrogen and oxygen atoms in total. The SMILES string of the molecule is CC[C@H](Oc1cccc(C)c1)C(=O)N[C@@H](C)COc1ccc(OC)cc1. The molecule has 0 unspecified atom stereocenters. The molecule has 0 saturated carbocycles. The van der Waals surface area contributed by atoms with Crippen molar-refractivity contribution in [1.29, 1.82) is 0 Å². The van der Waals surface area contributed by atoms with Crippen LogP contribution in [0.2, 0.25) is 0 Å². The van der Waals surface area contributed by atoms with E-state index in [1.165, 1.54) is 0 Å². The second-order valence-electron chi connectivity index (χ2n) is 6.23. The molecule has 1 amide bonds. The first kappa shape index (κ1) is 19.6. The molecule has 5 heteroatoms. The summed E-state index contributed by atoms with van der Waals surface area (Å²) in [7, 11) is 1.62. The molecule has 2 aromatic carbocycles. The minimum absolute atomic E-state index is 0.139. The zero-order chi connectivity index (χ0) is 18.9. The lowest BCUT2D eigenvalue weighted by Crippen LogP contribution is -2.44. The van der Waals surface area contributed by atoms with E-state index in [2.05, 4.69) is 5.32 Å². The van der Waals surface area contributed by atoms with Crippen molar-refractivity contribution in [3.05, 3.63) is 54.1 Å². The second-order valence-corrected chi connectivity index (χ2v) is 6.23. The minimum Gasteiger partial charge on any atom is -0.497 e. The number of nitrogens with one attached hydrogen (secondary N) is 1. The maximum Gasteiger partial charge on any atom is 0.261 e. The monoisotopic (exact) mass is 357 g/mol. The highest BCUT2D eigenvalue weighted by Crippen LogP contribution is 2.17. The van der Waals surface area contributed by atoms with Crippen molar-refractivity contribution < 1.29 is 19.0 Å². The van der Waals surface area contributed by atoms with Gasteiger partial charge in [0.05, 0.1) is 13.2 Å². The Kier molecular flexibility index (Phi) is 7.33. The number of rotatable bonds is 9. The van der Waals surface area contributed by atoms with Crippen molar-refractivity contribution in [3.63, 3.8) is 0 Å². The molecule has 0 aliphatic heterocycles. The van der Waals surface area contributed by atoms with Gasteiger partial charge >= 0.3 is 0 Å². The molecular formula is C21H27NO4. The standard InChI is InChI=1S/C21H27NO4/c1-5-20(26-19-8-6-7-15(2)13-19)21(23)22-16(3)14-25-18-11-9-17(24-4)10-12-18/h6-13,16,20H,5,14H2,1-4H3,(H,22,23)/t16-,20-/m0/s1. The smallest absolute Gasteiger partial charge is 0.261 e. The first-order valence-electron chi connectivity index (χ1n) is 8.82. The third kappa shape index (κ3) is 5.99. The molecule has 0 aromatic heterocycles. The van der Waals surface area contributed by atoms with Gasteiger partial charge in [-0.15, -0.1) is 0 Å². The molecule has 0 aliphatic carbocycles. The maximum absolute atomic E-state index is 12.5. The molecule has 0 radical (unpaired) electrons. The topological polar surface area (TPSA) is 56.8 Å². The minimum atomic E-state index is -0.528. The van der Waals surface area contributed by atoms with Gasteiger partial charge in [0.15, 0.2) is 6.10 Å². The van der Waals surface area contributed by atoms with E-state index < -0.39 is 6.10 Å². The molecule has 26 heavy (non-hydrogen) atoms. The van der Waals surface area contributed by atoms with Gasteiger partial charge in [-0.3, -0.25) is 4.79 Å². The summed E-state index contributed by atoms with van der Waals surface area (Å²) in [6.07, 6.45) is 0.0616. The molecular weight excluding hydrogens is 330 g/mol. The third-order valence-electron chi connectivity index (χ3n) is 3.88. The second kappa shape index (κ2) is 9.70. The van der Waals surface area contributed by atoms with Gasteiger partial charge in [0.1, 0.15) is 23.9 Å². The summed E-state index contributed by atoms with van der Waals surface area (Å²) in [5, 5.41) is 2.94. The molecule has 1 N–H and O–H groups in total. The lowest BCUT2D eigenvalue weighted by Gasteiger charge is -2.21. The van der Waals surface area contributed by atoms with E-state index in [1.807, 2.05) is 69.3 Å². The van der Waals surface area contributed by atoms with Crippen LogP contribution in [-0.4, -0.2) is 31.8 Å². The van der Waals surface area contributed by atoms with E-state index in [0.717, 1.165) is 17.1 Å². The van der Waals surface area contributed by atoms with Gasteiger partial charge in [-0.25, -0.2) is 0 Å². The van der Waals surface area contributed by atoms with E-state index in [4.69, 9.17) is 14.2 Å². The van der Waals surface area contributed by atoms with Crippen LogP contribution in [0.1, 0.15) is 25.8 Å². The van der Waals surface area contributed by atoms with Gasteiger partial charge in [-0.1, -0.05) is 19.1 Å². The van der Waals surface area contributed by atoms with Crippen LogP contribution in [0.25, 0.3) is 0 Å². The van der Waals surface area contributed by atoms with Crippen molar-refractivity contribution >= 4 is 5.91 Å².